The second-order valence-corrected chi connectivity index (χ2v) is 9.01. The van der Waals surface area contributed by atoms with Crippen LogP contribution in [0.25, 0.3) is 10.9 Å². The molecule has 0 aliphatic rings. The van der Waals surface area contributed by atoms with Crippen LogP contribution in [0.2, 0.25) is 0 Å². The molecule has 0 bridgehead atoms. The Bertz CT molecular complexity index is 1260. The third kappa shape index (κ3) is 6.11. The number of rotatable bonds is 9. The molecule has 0 saturated carbocycles. The van der Waals surface area contributed by atoms with Gasteiger partial charge in [-0.25, -0.2) is 9.78 Å². The molecule has 1 heterocycles. The molecule has 0 atom stereocenters. The number of benzene rings is 2. The molecule has 0 N–H and O–H groups in total. The molecular formula is C23H23BrIN3O5. The first-order chi connectivity index (χ1) is 15.9. The van der Waals surface area contributed by atoms with Crippen molar-refractivity contribution in [3.05, 3.63) is 60.1 Å². The second-order valence-electron chi connectivity index (χ2n) is 6.93. The maximum Gasteiger partial charge on any atom is 0.343 e. The summed E-state index contributed by atoms with van der Waals surface area (Å²) < 4.78 is 18.8. The zero-order chi connectivity index (χ0) is 24.0. The summed E-state index contributed by atoms with van der Waals surface area (Å²) in [7, 11) is 1.30. The lowest BCUT2D eigenvalue weighted by atomic mass is 10.2. The fourth-order valence-electron chi connectivity index (χ4n) is 3.08. The molecule has 3 aromatic rings. The third-order valence-electron chi connectivity index (χ3n) is 4.56. The van der Waals surface area contributed by atoms with Crippen molar-refractivity contribution >= 4 is 61.6 Å². The van der Waals surface area contributed by atoms with Crippen molar-refractivity contribution in [1.82, 2.24) is 9.66 Å². The van der Waals surface area contributed by atoms with Crippen LogP contribution in [0, 0.1) is 3.57 Å². The number of aryl methyl sites for hydroxylation is 1. The number of methoxy groups -OCH3 is 1. The van der Waals surface area contributed by atoms with E-state index in [1.165, 1.54) is 11.8 Å². The fraction of sp³-hybridized carbons (Fsp3) is 0.304. The molecule has 0 unspecified atom stereocenters. The number of esters is 1. The standard InChI is InChI=1S/C23H23BrIN3O5/c1-4-6-20-27-18-8-7-15(24)11-16(18)23(30)28(20)26-12-14-9-17(25)22(19(10-14)32-5-2)33-13-21(29)31-3/h7-12H,4-6,13H2,1-3H3. The van der Waals surface area contributed by atoms with Gasteiger partial charge in [0.15, 0.2) is 18.1 Å². The topological polar surface area (TPSA) is 92.0 Å². The predicted octanol–water partition coefficient (Wildman–Crippen LogP) is 4.55. The number of nitrogens with zero attached hydrogens (tertiary/aromatic N) is 3. The molecule has 0 aliphatic heterocycles. The number of halogens is 2. The zero-order valence-corrected chi connectivity index (χ0v) is 22.2. The maximum absolute atomic E-state index is 13.2. The van der Waals surface area contributed by atoms with Gasteiger partial charge in [0.25, 0.3) is 5.56 Å². The van der Waals surface area contributed by atoms with Crippen LogP contribution in [0.3, 0.4) is 0 Å². The second kappa shape index (κ2) is 11.6. The summed E-state index contributed by atoms with van der Waals surface area (Å²) in [6.07, 6.45) is 3.02. The average Bonchev–Trinajstić information content (AvgIpc) is 2.79. The monoisotopic (exact) mass is 627 g/mol. The Labute approximate surface area is 213 Å². The highest BCUT2D eigenvalue weighted by atomic mass is 127. The van der Waals surface area contributed by atoms with Gasteiger partial charge < -0.3 is 14.2 Å². The van der Waals surface area contributed by atoms with Crippen LogP contribution in [0.4, 0.5) is 0 Å². The summed E-state index contributed by atoms with van der Waals surface area (Å²) in [4.78, 5) is 29.3. The predicted molar refractivity (Wildman–Crippen MR) is 139 cm³/mol. The molecule has 174 valence electrons. The van der Waals surface area contributed by atoms with E-state index in [0.717, 1.165) is 14.5 Å². The highest BCUT2D eigenvalue weighted by Crippen LogP contribution is 2.34. The van der Waals surface area contributed by atoms with Crippen molar-refractivity contribution in [2.75, 3.05) is 20.3 Å². The van der Waals surface area contributed by atoms with Gasteiger partial charge in [0.1, 0.15) is 5.82 Å². The van der Waals surface area contributed by atoms with Gasteiger partial charge in [-0.1, -0.05) is 22.9 Å². The van der Waals surface area contributed by atoms with Gasteiger partial charge in [0.2, 0.25) is 0 Å². The van der Waals surface area contributed by atoms with Gasteiger partial charge in [0.05, 0.1) is 34.4 Å². The Morgan fingerprint density at radius 3 is 2.73 bits per heavy atom. The number of ether oxygens (including phenoxy) is 3. The molecule has 33 heavy (non-hydrogen) atoms. The molecule has 0 amide bonds. The van der Waals surface area contributed by atoms with Crippen LogP contribution in [0.5, 0.6) is 11.5 Å². The molecular weight excluding hydrogens is 605 g/mol. The van der Waals surface area contributed by atoms with Crippen LogP contribution in [0.1, 0.15) is 31.7 Å². The normalized spacial score (nSPS) is 11.2. The lowest BCUT2D eigenvalue weighted by Crippen LogP contribution is -2.22. The smallest absolute Gasteiger partial charge is 0.343 e. The minimum absolute atomic E-state index is 0.228. The summed E-state index contributed by atoms with van der Waals surface area (Å²) in [5, 5.41) is 4.95. The molecule has 8 nitrogen and oxygen atoms in total. The zero-order valence-electron chi connectivity index (χ0n) is 18.4. The van der Waals surface area contributed by atoms with Crippen molar-refractivity contribution in [3.63, 3.8) is 0 Å². The molecule has 0 aliphatic carbocycles. The van der Waals surface area contributed by atoms with Gasteiger partial charge in [-0.05, 0) is 71.8 Å². The van der Waals surface area contributed by atoms with E-state index >= 15 is 0 Å². The number of aromatic nitrogens is 2. The van der Waals surface area contributed by atoms with E-state index in [0.29, 0.717) is 46.8 Å². The van der Waals surface area contributed by atoms with Crippen LogP contribution < -0.4 is 15.0 Å². The third-order valence-corrected chi connectivity index (χ3v) is 5.86. The number of hydrogen-bond donors (Lipinski definition) is 0. The van der Waals surface area contributed by atoms with E-state index in [-0.39, 0.29) is 12.2 Å². The minimum atomic E-state index is -0.489. The first kappa shape index (κ1) is 25.2. The Balaban J connectivity index is 2.03. The molecule has 0 spiro atoms. The van der Waals surface area contributed by atoms with E-state index in [9.17, 15) is 9.59 Å². The SMILES string of the molecule is CCCc1nc2ccc(Br)cc2c(=O)n1N=Cc1cc(I)c(OCC(=O)OC)c(OCC)c1. The Morgan fingerprint density at radius 2 is 2.03 bits per heavy atom. The average molecular weight is 628 g/mol. The Kier molecular flexibility index (Phi) is 8.84. The fourth-order valence-corrected chi connectivity index (χ4v) is 4.22. The van der Waals surface area contributed by atoms with Gasteiger partial charge in [-0.2, -0.15) is 9.78 Å². The first-order valence-corrected chi connectivity index (χ1v) is 12.2. The summed E-state index contributed by atoms with van der Waals surface area (Å²) in [5.41, 5.74) is 1.11. The lowest BCUT2D eigenvalue weighted by Gasteiger charge is -2.14. The molecule has 0 fully saturated rings. The van der Waals surface area contributed by atoms with Crippen molar-refractivity contribution in [2.24, 2.45) is 5.10 Å². The highest BCUT2D eigenvalue weighted by Gasteiger charge is 2.15. The number of fused-ring (bicyclic) bond motifs is 1. The van der Waals surface area contributed by atoms with Crippen molar-refractivity contribution < 1.29 is 19.0 Å². The van der Waals surface area contributed by atoms with Crippen LogP contribution in [-0.4, -0.2) is 42.2 Å². The minimum Gasteiger partial charge on any atom is -0.490 e. The van der Waals surface area contributed by atoms with Crippen LogP contribution >= 0.6 is 38.5 Å². The Morgan fingerprint density at radius 1 is 1.24 bits per heavy atom. The van der Waals surface area contributed by atoms with Gasteiger partial charge in [-0.3, -0.25) is 4.79 Å². The van der Waals surface area contributed by atoms with Gasteiger partial charge in [-0.15, -0.1) is 0 Å². The van der Waals surface area contributed by atoms with E-state index < -0.39 is 5.97 Å². The molecule has 2 aromatic carbocycles. The van der Waals surface area contributed by atoms with E-state index in [1.807, 2.05) is 32.0 Å². The van der Waals surface area contributed by atoms with Crippen molar-refractivity contribution in [1.29, 1.82) is 0 Å². The van der Waals surface area contributed by atoms with Crippen LogP contribution in [0.15, 0.2) is 44.7 Å². The summed E-state index contributed by atoms with van der Waals surface area (Å²) in [6.45, 7) is 4.06. The summed E-state index contributed by atoms with van der Waals surface area (Å²) in [6, 6.07) is 9.00. The molecule has 3 rings (SSSR count). The van der Waals surface area contributed by atoms with E-state index in [2.05, 4.69) is 53.3 Å². The molecule has 0 saturated heterocycles. The molecule has 1 aromatic heterocycles. The Hall–Kier alpha value is -2.47. The van der Waals surface area contributed by atoms with Crippen molar-refractivity contribution in [2.45, 2.75) is 26.7 Å². The summed E-state index contributed by atoms with van der Waals surface area (Å²) in [5.74, 6) is 1.01. The first-order valence-electron chi connectivity index (χ1n) is 10.3. The quantitative estimate of drug-likeness (QED) is 0.196. The summed E-state index contributed by atoms with van der Waals surface area (Å²) >= 11 is 5.51. The highest BCUT2D eigenvalue weighted by molar-refractivity contribution is 14.1. The van der Waals surface area contributed by atoms with E-state index in [1.54, 1.807) is 18.3 Å². The van der Waals surface area contributed by atoms with Gasteiger partial charge >= 0.3 is 5.97 Å². The van der Waals surface area contributed by atoms with E-state index in [4.69, 9.17) is 9.47 Å². The molecule has 10 heteroatoms. The van der Waals surface area contributed by atoms with Gasteiger partial charge in [0, 0.05) is 10.9 Å². The number of carbonyl (C=O) groups excluding carboxylic acids is 1. The van der Waals surface area contributed by atoms with Crippen molar-refractivity contribution in [3.8, 4) is 11.5 Å². The number of carbonyl (C=O) groups is 1. The number of hydrogen-bond acceptors (Lipinski definition) is 7. The molecule has 0 radical (unpaired) electrons. The largest absolute Gasteiger partial charge is 0.490 e. The van der Waals surface area contributed by atoms with Crippen LogP contribution in [-0.2, 0) is 16.0 Å². The maximum atomic E-state index is 13.2. The lowest BCUT2D eigenvalue weighted by molar-refractivity contribution is -0.142.